The second-order valence-electron chi connectivity index (χ2n) is 5.47. The Hall–Kier alpha value is -3.07. The van der Waals surface area contributed by atoms with Crippen molar-refractivity contribution in [3.8, 4) is 18.1 Å². The maximum atomic E-state index is 14.5. The van der Waals surface area contributed by atoms with Crippen LogP contribution in [0, 0.1) is 25.1 Å². The van der Waals surface area contributed by atoms with Gasteiger partial charge < -0.3 is 15.8 Å². The van der Waals surface area contributed by atoms with Crippen molar-refractivity contribution in [1.29, 1.82) is 0 Å². The van der Waals surface area contributed by atoms with Gasteiger partial charge in [0.1, 0.15) is 5.82 Å². The van der Waals surface area contributed by atoms with Crippen LogP contribution >= 0.6 is 0 Å². The van der Waals surface area contributed by atoms with Crippen molar-refractivity contribution < 1.29 is 13.9 Å². The van der Waals surface area contributed by atoms with Crippen molar-refractivity contribution in [2.75, 3.05) is 17.7 Å². The number of terminal acetylenes is 1. The lowest BCUT2D eigenvalue weighted by molar-refractivity contribution is 0.102. The molecule has 1 heterocycles. The van der Waals surface area contributed by atoms with E-state index in [1.54, 1.807) is 25.1 Å². The number of hydrogen-bond acceptors (Lipinski definition) is 4. The van der Waals surface area contributed by atoms with Crippen molar-refractivity contribution in [3.63, 3.8) is 0 Å². The summed E-state index contributed by atoms with van der Waals surface area (Å²) in [5, 5.41) is 2.50. The number of amides is 1. The Bertz CT molecular complexity index is 800. The van der Waals surface area contributed by atoms with E-state index in [-0.39, 0.29) is 22.8 Å². The standard InChI is InChI=1S/C19H20FN3O2/c1-3-4-5-6-12-25-16-9-7-8-15(17(16)20)23-19(24)14-11-10-13(2)22-18(14)21/h1,7-11H,4-6,12H2,2H3,(H2,21,22)(H,23,24). The minimum atomic E-state index is -0.633. The minimum absolute atomic E-state index is 0.0195. The molecule has 1 amide bonds. The first-order valence-electron chi connectivity index (χ1n) is 7.92. The summed E-state index contributed by atoms with van der Waals surface area (Å²) in [6, 6.07) is 7.78. The molecule has 0 atom stereocenters. The van der Waals surface area contributed by atoms with Crippen molar-refractivity contribution in [2.45, 2.75) is 26.2 Å². The van der Waals surface area contributed by atoms with E-state index in [4.69, 9.17) is 16.9 Å². The molecule has 0 spiro atoms. The number of carbonyl (C=O) groups is 1. The quantitative estimate of drug-likeness (QED) is 0.596. The van der Waals surface area contributed by atoms with Crippen LogP contribution in [0.3, 0.4) is 0 Å². The second kappa shape index (κ2) is 8.69. The number of nitrogens with one attached hydrogen (secondary N) is 1. The summed E-state index contributed by atoms with van der Waals surface area (Å²) < 4.78 is 19.9. The molecule has 130 valence electrons. The maximum Gasteiger partial charge on any atom is 0.259 e. The van der Waals surface area contributed by atoms with E-state index in [2.05, 4.69) is 16.2 Å². The first kappa shape index (κ1) is 18.3. The molecule has 6 heteroatoms. The van der Waals surface area contributed by atoms with E-state index in [0.717, 1.165) is 12.8 Å². The summed E-state index contributed by atoms with van der Waals surface area (Å²) in [5.74, 6) is 1.55. The van der Waals surface area contributed by atoms with Gasteiger partial charge in [-0.25, -0.2) is 9.37 Å². The summed E-state index contributed by atoms with van der Waals surface area (Å²) >= 11 is 0. The van der Waals surface area contributed by atoms with Crippen LogP contribution in [0.1, 0.15) is 35.3 Å². The average molecular weight is 341 g/mol. The van der Waals surface area contributed by atoms with Gasteiger partial charge in [-0.05, 0) is 44.0 Å². The Kier molecular flexibility index (Phi) is 6.35. The third-order valence-corrected chi connectivity index (χ3v) is 3.49. The smallest absolute Gasteiger partial charge is 0.259 e. The normalized spacial score (nSPS) is 10.1. The topological polar surface area (TPSA) is 77.2 Å². The lowest BCUT2D eigenvalue weighted by Crippen LogP contribution is -2.16. The number of ether oxygens (including phenoxy) is 1. The van der Waals surface area contributed by atoms with E-state index in [1.165, 1.54) is 12.1 Å². The molecule has 0 saturated heterocycles. The first-order chi connectivity index (χ1) is 12.0. The Morgan fingerprint density at radius 3 is 2.88 bits per heavy atom. The van der Waals surface area contributed by atoms with Gasteiger partial charge in [-0.15, -0.1) is 12.3 Å². The number of aromatic nitrogens is 1. The summed E-state index contributed by atoms with van der Waals surface area (Å²) in [4.78, 5) is 16.3. The molecule has 0 radical (unpaired) electrons. The highest BCUT2D eigenvalue weighted by molar-refractivity contribution is 6.07. The fraction of sp³-hybridized carbons (Fsp3) is 0.263. The van der Waals surface area contributed by atoms with Crippen LogP contribution in [0.2, 0.25) is 0 Å². The molecule has 0 saturated carbocycles. The monoisotopic (exact) mass is 341 g/mol. The number of aryl methyl sites for hydroxylation is 1. The SMILES string of the molecule is C#CCCCCOc1cccc(NC(=O)c2ccc(C)nc2N)c1F. The van der Waals surface area contributed by atoms with Gasteiger partial charge >= 0.3 is 0 Å². The lowest BCUT2D eigenvalue weighted by atomic mass is 10.2. The molecule has 25 heavy (non-hydrogen) atoms. The number of nitrogen functional groups attached to an aromatic ring is 1. The zero-order chi connectivity index (χ0) is 18.2. The number of halogens is 1. The third kappa shape index (κ3) is 4.95. The molecule has 0 fully saturated rings. The molecule has 1 aromatic heterocycles. The van der Waals surface area contributed by atoms with Crippen LogP contribution in [0.4, 0.5) is 15.9 Å². The average Bonchev–Trinajstić information content (AvgIpc) is 2.57. The molecule has 2 rings (SSSR count). The molecule has 0 unspecified atom stereocenters. The summed E-state index contributed by atoms with van der Waals surface area (Å²) in [7, 11) is 0. The van der Waals surface area contributed by atoms with Crippen molar-refractivity contribution in [1.82, 2.24) is 4.98 Å². The Morgan fingerprint density at radius 1 is 1.36 bits per heavy atom. The van der Waals surface area contributed by atoms with Gasteiger partial charge in [-0.3, -0.25) is 4.79 Å². The number of carbonyl (C=O) groups excluding carboxylic acids is 1. The van der Waals surface area contributed by atoms with Crippen LogP contribution in [-0.4, -0.2) is 17.5 Å². The molecule has 0 bridgehead atoms. The van der Waals surface area contributed by atoms with Crippen molar-refractivity contribution in [2.24, 2.45) is 0 Å². The maximum absolute atomic E-state index is 14.5. The Balaban J connectivity index is 2.06. The fourth-order valence-electron chi connectivity index (χ4n) is 2.19. The van der Waals surface area contributed by atoms with Gasteiger partial charge in [0, 0.05) is 12.1 Å². The molecule has 2 aromatic rings. The van der Waals surface area contributed by atoms with Gasteiger partial charge in [0.25, 0.3) is 5.91 Å². The zero-order valence-corrected chi connectivity index (χ0v) is 14.0. The lowest BCUT2D eigenvalue weighted by Gasteiger charge is -2.12. The number of nitrogens with two attached hydrogens (primary N) is 1. The predicted molar refractivity (Wildman–Crippen MR) is 95.9 cm³/mol. The molecule has 5 nitrogen and oxygen atoms in total. The Labute approximate surface area is 146 Å². The highest BCUT2D eigenvalue weighted by Crippen LogP contribution is 2.25. The number of pyridine rings is 1. The molecule has 1 aromatic carbocycles. The highest BCUT2D eigenvalue weighted by Gasteiger charge is 2.15. The van der Waals surface area contributed by atoms with Crippen molar-refractivity contribution in [3.05, 3.63) is 47.4 Å². The molecular formula is C19H20FN3O2. The largest absolute Gasteiger partial charge is 0.490 e. The highest BCUT2D eigenvalue weighted by atomic mass is 19.1. The number of hydrogen-bond donors (Lipinski definition) is 2. The van der Waals surface area contributed by atoms with Gasteiger partial charge in [-0.1, -0.05) is 6.07 Å². The van der Waals surface area contributed by atoms with E-state index in [0.29, 0.717) is 18.7 Å². The number of benzene rings is 1. The van der Waals surface area contributed by atoms with Gasteiger partial charge in [-0.2, -0.15) is 0 Å². The van der Waals surface area contributed by atoms with Gasteiger partial charge in [0.05, 0.1) is 17.9 Å². The van der Waals surface area contributed by atoms with Crippen LogP contribution in [0.15, 0.2) is 30.3 Å². The van der Waals surface area contributed by atoms with Crippen LogP contribution in [-0.2, 0) is 0 Å². The van der Waals surface area contributed by atoms with Crippen LogP contribution in [0.5, 0.6) is 5.75 Å². The predicted octanol–water partition coefficient (Wildman–Crippen LogP) is 3.55. The Morgan fingerprint density at radius 2 is 2.16 bits per heavy atom. The van der Waals surface area contributed by atoms with E-state index < -0.39 is 11.7 Å². The fourth-order valence-corrected chi connectivity index (χ4v) is 2.19. The van der Waals surface area contributed by atoms with Gasteiger partial charge in [0.15, 0.2) is 11.6 Å². The number of anilines is 2. The summed E-state index contributed by atoms with van der Waals surface area (Å²) in [6.45, 7) is 2.12. The molecule has 0 aliphatic rings. The van der Waals surface area contributed by atoms with E-state index in [9.17, 15) is 9.18 Å². The van der Waals surface area contributed by atoms with E-state index in [1.807, 2.05) is 0 Å². The summed E-state index contributed by atoms with van der Waals surface area (Å²) in [5.41, 5.74) is 6.65. The van der Waals surface area contributed by atoms with Crippen LogP contribution < -0.4 is 15.8 Å². The zero-order valence-electron chi connectivity index (χ0n) is 14.0. The molecule has 3 N–H and O–H groups in total. The third-order valence-electron chi connectivity index (χ3n) is 3.49. The molecule has 0 aliphatic carbocycles. The molecule has 0 aliphatic heterocycles. The summed E-state index contributed by atoms with van der Waals surface area (Å²) in [6.07, 6.45) is 7.38. The molecular weight excluding hydrogens is 321 g/mol. The number of rotatable bonds is 7. The van der Waals surface area contributed by atoms with Crippen molar-refractivity contribution >= 4 is 17.4 Å². The van der Waals surface area contributed by atoms with E-state index >= 15 is 0 Å². The van der Waals surface area contributed by atoms with Crippen LogP contribution in [0.25, 0.3) is 0 Å². The van der Waals surface area contributed by atoms with Gasteiger partial charge in [0.2, 0.25) is 0 Å². The first-order valence-corrected chi connectivity index (χ1v) is 7.92. The number of nitrogens with zero attached hydrogens (tertiary/aromatic N) is 1. The minimum Gasteiger partial charge on any atom is -0.490 e. The second-order valence-corrected chi connectivity index (χ2v) is 5.47. The number of unbranched alkanes of at least 4 members (excludes halogenated alkanes) is 2.